The van der Waals surface area contributed by atoms with Gasteiger partial charge in [0.15, 0.2) is 5.17 Å². The third-order valence-corrected chi connectivity index (χ3v) is 5.70. The molecule has 0 saturated heterocycles. The lowest BCUT2D eigenvalue weighted by Gasteiger charge is -2.18. The normalized spacial score (nSPS) is 15.3. The predicted octanol–water partition coefficient (Wildman–Crippen LogP) is 2.48. The maximum atomic E-state index is 13.2. The minimum atomic E-state index is -0.431. The van der Waals surface area contributed by atoms with Crippen LogP contribution in [0.25, 0.3) is 6.08 Å². The van der Waals surface area contributed by atoms with E-state index in [9.17, 15) is 9.90 Å². The summed E-state index contributed by atoms with van der Waals surface area (Å²) < 4.78 is 11.5. The average Bonchev–Trinajstić information content (AvgIpc) is 3.40. The maximum Gasteiger partial charge on any atom is 0.320 e. The molecule has 0 spiro atoms. The number of amidine groups is 1. The summed E-state index contributed by atoms with van der Waals surface area (Å²) in [6.45, 7) is 2.93. The first-order chi connectivity index (χ1) is 16.5. The standard InChI is InChI=1S/C24H23N5O4S/c1-17-7-6-8-18(13-17)14-20-23(31)29(19-9-4-3-5-10-19)24(25-20)34-16-21(30)26-22-15-28(27-33-22)11-12-32-2/h3-10,13-15H,11-12,16H2,1-2H3/b20-14+. The number of amides is 1. The number of nitrogens with zero attached hydrogens (tertiary/aromatic N) is 5. The number of carbonyl (C=O) groups is 1. The summed E-state index contributed by atoms with van der Waals surface area (Å²) in [6, 6.07) is 17.0. The van der Waals surface area contributed by atoms with Crippen molar-refractivity contribution in [2.24, 2.45) is 9.98 Å². The molecular weight excluding hydrogens is 454 g/mol. The quantitative estimate of drug-likeness (QED) is 0.214. The van der Waals surface area contributed by atoms with Crippen LogP contribution in [0.2, 0.25) is 0 Å². The van der Waals surface area contributed by atoms with Crippen LogP contribution in [-0.2, 0) is 16.1 Å². The molecule has 2 aromatic carbocycles. The van der Waals surface area contributed by atoms with Crippen LogP contribution in [0.4, 0.5) is 11.6 Å². The van der Waals surface area contributed by atoms with E-state index < -0.39 is 5.90 Å². The van der Waals surface area contributed by atoms with E-state index in [1.807, 2.05) is 61.5 Å². The molecule has 10 heteroatoms. The Morgan fingerprint density at radius 2 is 2.09 bits per heavy atom. The lowest BCUT2D eigenvalue weighted by atomic mass is 10.1. The zero-order valence-electron chi connectivity index (χ0n) is 18.7. The van der Waals surface area contributed by atoms with E-state index in [0.29, 0.717) is 29.7 Å². The number of para-hydroxylation sites is 1. The van der Waals surface area contributed by atoms with Crippen molar-refractivity contribution in [1.29, 1.82) is 0 Å². The topological polar surface area (TPSA) is 107 Å². The molecule has 0 fully saturated rings. The second-order valence-corrected chi connectivity index (χ2v) is 8.35. The van der Waals surface area contributed by atoms with Crippen molar-refractivity contribution < 1.29 is 23.8 Å². The molecule has 1 aliphatic heterocycles. The Morgan fingerprint density at radius 3 is 2.85 bits per heavy atom. The third kappa shape index (κ3) is 5.77. The highest BCUT2D eigenvalue weighted by Gasteiger charge is 2.31. The van der Waals surface area contributed by atoms with Crippen LogP contribution < -0.4 is 14.7 Å². The molecule has 0 bridgehead atoms. The highest BCUT2D eigenvalue weighted by molar-refractivity contribution is 8.14. The number of ether oxygens (including phenoxy) is 1. The molecule has 0 radical (unpaired) electrons. The van der Waals surface area contributed by atoms with Gasteiger partial charge in [-0.15, -0.1) is 0 Å². The van der Waals surface area contributed by atoms with Crippen LogP contribution >= 0.6 is 11.8 Å². The van der Waals surface area contributed by atoms with Gasteiger partial charge >= 0.3 is 5.88 Å². The SMILES string of the molecule is COCC[n+]1cc(/N=C(\[O-])CSC2=N/C(=C/c3cccc(C)c3)C(=O)N2c2ccccc2)on1. The number of aryl methyl sites for hydroxylation is 1. The Balaban J connectivity index is 1.54. The number of aromatic nitrogens is 2. The number of benzene rings is 2. The molecule has 0 saturated carbocycles. The molecule has 2 heterocycles. The van der Waals surface area contributed by atoms with Gasteiger partial charge in [-0.05, 0) is 41.3 Å². The number of carbonyl (C=O) groups excluding carboxylic acids is 1. The smallest absolute Gasteiger partial charge is 0.320 e. The van der Waals surface area contributed by atoms with E-state index in [-0.39, 0.29) is 17.5 Å². The Labute approximate surface area is 201 Å². The Kier molecular flexibility index (Phi) is 7.51. The van der Waals surface area contributed by atoms with Crippen LogP contribution in [0.5, 0.6) is 0 Å². The van der Waals surface area contributed by atoms with Crippen LogP contribution in [0.3, 0.4) is 0 Å². The number of hydrogen-bond acceptors (Lipinski definition) is 8. The number of aliphatic imine (C=N–C) groups is 2. The Bertz CT molecular complexity index is 1250. The third-order valence-electron chi connectivity index (χ3n) is 4.77. The molecule has 0 aliphatic carbocycles. The first-order valence-corrected chi connectivity index (χ1v) is 11.5. The largest absolute Gasteiger partial charge is 0.861 e. The minimum Gasteiger partial charge on any atom is -0.861 e. The van der Waals surface area contributed by atoms with Gasteiger partial charge in [0, 0.05) is 12.9 Å². The zero-order chi connectivity index (χ0) is 23.9. The lowest BCUT2D eigenvalue weighted by molar-refractivity contribution is -0.763. The maximum absolute atomic E-state index is 13.2. The van der Waals surface area contributed by atoms with Crippen LogP contribution in [0.15, 0.2) is 81.0 Å². The first kappa shape index (κ1) is 23.4. The molecule has 1 amide bonds. The van der Waals surface area contributed by atoms with Gasteiger partial charge in [0.1, 0.15) is 12.3 Å². The molecule has 1 aliphatic rings. The number of methoxy groups -OCH3 is 1. The van der Waals surface area contributed by atoms with E-state index in [1.165, 1.54) is 15.8 Å². The molecule has 0 N–H and O–H groups in total. The second kappa shape index (κ2) is 10.9. The van der Waals surface area contributed by atoms with E-state index >= 15 is 0 Å². The molecule has 0 atom stereocenters. The fourth-order valence-electron chi connectivity index (χ4n) is 3.21. The number of hydrogen-bond donors (Lipinski definition) is 0. The van der Waals surface area contributed by atoms with Gasteiger partial charge in [-0.1, -0.05) is 59.8 Å². The summed E-state index contributed by atoms with van der Waals surface area (Å²) in [4.78, 5) is 23.2. The molecule has 4 rings (SSSR count). The lowest BCUT2D eigenvalue weighted by Crippen LogP contribution is -2.36. The van der Waals surface area contributed by atoms with Crippen molar-refractivity contribution in [3.63, 3.8) is 0 Å². The average molecular weight is 478 g/mol. The van der Waals surface area contributed by atoms with Gasteiger partial charge in [-0.3, -0.25) is 14.2 Å². The highest BCUT2D eigenvalue weighted by Crippen LogP contribution is 2.29. The summed E-state index contributed by atoms with van der Waals surface area (Å²) in [7, 11) is 1.59. The van der Waals surface area contributed by atoms with Crippen molar-refractivity contribution in [2.75, 3.05) is 24.4 Å². The summed E-state index contributed by atoms with van der Waals surface area (Å²) in [6.07, 6.45) is 3.27. The molecule has 3 aromatic rings. The fraction of sp³-hybridized carbons (Fsp3) is 0.208. The molecular formula is C24H23N5O4S. The van der Waals surface area contributed by atoms with Gasteiger partial charge in [0.05, 0.1) is 5.69 Å². The predicted molar refractivity (Wildman–Crippen MR) is 129 cm³/mol. The van der Waals surface area contributed by atoms with E-state index in [0.717, 1.165) is 22.9 Å². The summed E-state index contributed by atoms with van der Waals surface area (Å²) in [5.74, 6) is -0.606. The minimum absolute atomic E-state index is 0.0219. The second-order valence-electron chi connectivity index (χ2n) is 7.40. The summed E-state index contributed by atoms with van der Waals surface area (Å²) in [5.41, 5.74) is 2.94. The van der Waals surface area contributed by atoms with E-state index in [1.54, 1.807) is 13.2 Å². The number of anilines is 1. The Morgan fingerprint density at radius 1 is 1.26 bits per heavy atom. The van der Waals surface area contributed by atoms with Gasteiger partial charge in [-0.25, -0.2) is 9.98 Å². The first-order valence-electron chi connectivity index (χ1n) is 10.5. The van der Waals surface area contributed by atoms with Crippen molar-refractivity contribution >= 4 is 46.4 Å². The van der Waals surface area contributed by atoms with Gasteiger partial charge in [0.2, 0.25) is 11.8 Å². The summed E-state index contributed by atoms with van der Waals surface area (Å²) in [5, 5.41) is 16.6. The monoisotopic (exact) mass is 477 g/mol. The fourth-order valence-corrected chi connectivity index (χ4v) is 4.00. The van der Waals surface area contributed by atoms with Crippen LogP contribution in [-0.4, -0.2) is 41.7 Å². The van der Waals surface area contributed by atoms with Gasteiger partial charge < -0.3 is 9.84 Å². The van der Waals surface area contributed by atoms with Crippen molar-refractivity contribution in [3.8, 4) is 0 Å². The zero-order valence-corrected chi connectivity index (χ0v) is 19.6. The molecule has 9 nitrogen and oxygen atoms in total. The van der Waals surface area contributed by atoms with Crippen LogP contribution in [0.1, 0.15) is 11.1 Å². The van der Waals surface area contributed by atoms with E-state index in [4.69, 9.17) is 9.26 Å². The van der Waals surface area contributed by atoms with E-state index in [2.05, 4.69) is 15.3 Å². The number of rotatable bonds is 8. The highest BCUT2D eigenvalue weighted by atomic mass is 32.2. The van der Waals surface area contributed by atoms with Crippen molar-refractivity contribution in [3.05, 3.63) is 77.6 Å². The van der Waals surface area contributed by atoms with Crippen molar-refractivity contribution in [2.45, 2.75) is 13.5 Å². The molecule has 174 valence electrons. The van der Waals surface area contributed by atoms with Gasteiger partial charge in [-0.2, -0.15) is 0 Å². The molecule has 34 heavy (non-hydrogen) atoms. The van der Waals surface area contributed by atoms with Gasteiger partial charge in [0.25, 0.3) is 12.1 Å². The van der Waals surface area contributed by atoms with Crippen molar-refractivity contribution in [1.82, 2.24) is 5.27 Å². The molecule has 1 aromatic heterocycles. The van der Waals surface area contributed by atoms with Crippen LogP contribution in [0, 0.1) is 6.92 Å². The Hall–Kier alpha value is -3.76. The molecule has 0 unspecified atom stereocenters. The summed E-state index contributed by atoms with van der Waals surface area (Å²) >= 11 is 1.14. The number of thioether (sulfide) groups is 1.